The van der Waals surface area contributed by atoms with E-state index in [9.17, 15) is 14.4 Å². The van der Waals surface area contributed by atoms with Crippen molar-refractivity contribution in [2.24, 2.45) is 0 Å². The highest BCUT2D eigenvalue weighted by atomic mass is 16.2. The highest BCUT2D eigenvalue weighted by Crippen LogP contribution is 2.17. The number of likely N-dealkylation sites (tertiary alicyclic amines) is 1. The number of benzene rings is 1. The fourth-order valence-corrected chi connectivity index (χ4v) is 2.69. The Morgan fingerprint density at radius 2 is 2.00 bits per heavy atom. The Kier molecular flexibility index (Phi) is 5.95. The number of hydrogen-bond acceptors (Lipinski definition) is 3. The van der Waals surface area contributed by atoms with Gasteiger partial charge in [-0.2, -0.15) is 0 Å². The largest absolute Gasteiger partial charge is 0.335 e. The van der Waals surface area contributed by atoms with Gasteiger partial charge in [0, 0.05) is 25.7 Å². The number of carbonyl (C=O) groups excluding carboxylic acids is 3. The second-order valence-corrected chi connectivity index (χ2v) is 6.32. The molecule has 1 aromatic carbocycles. The molecule has 0 unspecified atom stereocenters. The van der Waals surface area contributed by atoms with Crippen LogP contribution in [0.3, 0.4) is 0 Å². The second-order valence-electron chi connectivity index (χ2n) is 6.32. The van der Waals surface area contributed by atoms with Crippen molar-refractivity contribution in [1.82, 2.24) is 9.80 Å². The van der Waals surface area contributed by atoms with Crippen molar-refractivity contribution in [3.63, 3.8) is 0 Å². The molecule has 0 aliphatic carbocycles. The first-order chi connectivity index (χ1) is 11.4. The van der Waals surface area contributed by atoms with Gasteiger partial charge >= 0.3 is 0 Å². The van der Waals surface area contributed by atoms with Gasteiger partial charge in [-0.05, 0) is 43.9 Å². The molecule has 0 saturated carbocycles. The van der Waals surface area contributed by atoms with Gasteiger partial charge in [0.1, 0.15) is 0 Å². The van der Waals surface area contributed by atoms with Gasteiger partial charge in [-0.15, -0.1) is 0 Å². The molecule has 0 spiro atoms. The van der Waals surface area contributed by atoms with Gasteiger partial charge in [0.05, 0.1) is 13.1 Å². The Bertz CT molecular complexity index is 642. The van der Waals surface area contributed by atoms with Gasteiger partial charge in [-0.25, -0.2) is 0 Å². The lowest BCUT2D eigenvalue weighted by Gasteiger charge is -2.28. The summed E-state index contributed by atoms with van der Waals surface area (Å²) in [7, 11) is 1.58. The summed E-state index contributed by atoms with van der Waals surface area (Å²) in [6, 6.07) is 5.71. The Labute approximate surface area is 142 Å². The highest BCUT2D eigenvalue weighted by Gasteiger charge is 2.22. The molecule has 1 aliphatic heterocycles. The molecule has 6 heteroatoms. The summed E-state index contributed by atoms with van der Waals surface area (Å²) < 4.78 is 0. The molecule has 24 heavy (non-hydrogen) atoms. The first-order valence-corrected chi connectivity index (χ1v) is 8.26. The third kappa shape index (κ3) is 4.57. The number of carbonyl (C=O) groups is 3. The monoisotopic (exact) mass is 331 g/mol. The van der Waals surface area contributed by atoms with Gasteiger partial charge in [0.2, 0.25) is 17.7 Å². The van der Waals surface area contributed by atoms with Crippen LogP contribution < -0.4 is 5.32 Å². The molecular formula is C18H25N3O3. The standard InChI is InChI=1S/C18H25N3O3/c1-13-7-6-8-15(14(13)2)19-16(22)11-20(3)18(24)12-21-10-5-4-9-17(21)23/h6-8H,4-5,9-12H2,1-3H3,(H,19,22). The second kappa shape index (κ2) is 7.95. The maximum atomic E-state index is 12.2. The van der Waals surface area contributed by atoms with Crippen LogP contribution >= 0.6 is 0 Å². The maximum absolute atomic E-state index is 12.2. The summed E-state index contributed by atoms with van der Waals surface area (Å²) in [5.41, 5.74) is 2.87. The summed E-state index contributed by atoms with van der Waals surface area (Å²) in [5.74, 6) is -0.450. The normalized spacial score (nSPS) is 14.5. The zero-order chi connectivity index (χ0) is 17.7. The minimum Gasteiger partial charge on any atom is -0.335 e. The van der Waals surface area contributed by atoms with Crippen LogP contribution in [0.2, 0.25) is 0 Å². The topological polar surface area (TPSA) is 69.7 Å². The first kappa shape index (κ1) is 18.0. The molecule has 130 valence electrons. The van der Waals surface area contributed by atoms with Crippen molar-refractivity contribution in [1.29, 1.82) is 0 Å². The molecule has 1 heterocycles. The molecule has 0 atom stereocenters. The summed E-state index contributed by atoms with van der Waals surface area (Å²) in [6.45, 7) is 4.56. The molecule has 1 fully saturated rings. The summed E-state index contributed by atoms with van der Waals surface area (Å²) in [4.78, 5) is 39.1. The van der Waals surface area contributed by atoms with Gasteiger partial charge in [0.15, 0.2) is 0 Å². The van der Waals surface area contributed by atoms with E-state index >= 15 is 0 Å². The molecule has 0 radical (unpaired) electrons. The number of anilines is 1. The van der Waals surface area contributed by atoms with Crippen LogP contribution in [0.1, 0.15) is 30.4 Å². The van der Waals surface area contributed by atoms with Crippen molar-refractivity contribution < 1.29 is 14.4 Å². The quantitative estimate of drug-likeness (QED) is 0.893. The SMILES string of the molecule is Cc1cccc(NC(=O)CN(C)C(=O)CN2CCCCC2=O)c1C. The van der Waals surface area contributed by atoms with Crippen LogP contribution in [0.25, 0.3) is 0 Å². The fourth-order valence-electron chi connectivity index (χ4n) is 2.69. The van der Waals surface area contributed by atoms with Crippen molar-refractivity contribution in [2.75, 3.05) is 32.0 Å². The van der Waals surface area contributed by atoms with Crippen molar-refractivity contribution in [2.45, 2.75) is 33.1 Å². The highest BCUT2D eigenvalue weighted by molar-refractivity contribution is 5.95. The van der Waals surface area contributed by atoms with E-state index in [0.29, 0.717) is 13.0 Å². The third-order valence-electron chi connectivity index (χ3n) is 4.43. The molecule has 0 bridgehead atoms. The molecule has 1 saturated heterocycles. The van der Waals surface area contributed by atoms with Gasteiger partial charge in [-0.3, -0.25) is 14.4 Å². The average Bonchev–Trinajstić information content (AvgIpc) is 2.54. The first-order valence-electron chi connectivity index (χ1n) is 8.26. The zero-order valence-corrected chi connectivity index (χ0v) is 14.6. The van der Waals surface area contributed by atoms with E-state index in [4.69, 9.17) is 0 Å². The van der Waals surface area contributed by atoms with E-state index in [1.165, 1.54) is 4.90 Å². The number of aryl methyl sites for hydroxylation is 1. The van der Waals surface area contributed by atoms with Crippen molar-refractivity contribution >= 4 is 23.4 Å². The van der Waals surface area contributed by atoms with Crippen LogP contribution in [0, 0.1) is 13.8 Å². The van der Waals surface area contributed by atoms with Crippen LogP contribution in [0.5, 0.6) is 0 Å². The Morgan fingerprint density at radius 1 is 1.25 bits per heavy atom. The lowest BCUT2D eigenvalue weighted by Crippen LogP contribution is -2.45. The predicted molar refractivity (Wildman–Crippen MR) is 92.6 cm³/mol. The minimum absolute atomic E-state index is 0.0165. The van der Waals surface area contributed by atoms with Gasteiger partial charge in [0.25, 0.3) is 0 Å². The van der Waals surface area contributed by atoms with Crippen LogP contribution in [0.15, 0.2) is 18.2 Å². The summed E-state index contributed by atoms with van der Waals surface area (Å²) in [6.07, 6.45) is 2.32. The lowest BCUT2D eigenvalue weighted by atomic mass is 10.1. The van der Waals surface area contributed by atoms with Gasteiger partial charge < -0.3 is 15.1 Å². The van der Waals surface area contributed by atoms with E-state index in [2.05, 4.69) is 5.32 Å². The number of nitrogens with one attached hydrogen (secondary N) is 1. The van der Waals surface area contributed by atoms with Crippen molar-refractivity contribution in [3.05, 3.63) is 29.3 Å². The molecule has 3 amide bonds. The number of likely N-dealkylation sites (N-methyl/N-ethyl adjacent to an activating group) is 1. The molecule has 1 aliphatic rings. The average molecular weight is 331 g/mol. The lowest BCUT2D eigenvalue weighted by molar-refractivity contribution is -0.142. The Morgan fingerprint density at radius 3 is 2.71 bits per heavy atom. The number of nitrogens with zero attached hydrogens (tertiary/aromatic N) is 2. The fraction of sp³-hybridized carbons (Fsp3) is 0.500. The predicted octanol–water partition coefficient (Wildman–Crippen LogP) is 1.71. The summed E-state index contributed by atoms with van der Waals surface area (Å²) >= 11 is 0. The van der Waals surface area contributed by atoms with E-state index in [1.807, 2.05) is 32.0 Å². The molecule has 1 aromatic rings. The maximum Gasteiger partial charge on any atom is 0.243 e. The number of rotatable bonds is 5. The number of piperidine rings is 1. The minimum atomic E-state index is -0.246. The van der Waals surface area contributed by atoms with E-state index < -0.39 is 0 Å². The molecule has 6 nitrogen and oxygen atoms in total. The van der Waals surface area contributed by atoms with E-state index in [1.54, 1.807) is 11.9 Å². The smallest absolute Gasteiger partial charge is 0.243 e. The Hall–Kier alpha value is -2.37. The number of amides is 3. The summed E-state index contributed by atoms with van der Waals surface area (Å²) in [5, 5.41) is 2.84. The number of hydrogen-bond donors (Lipinski definition) is 1. The van der Waals surface area contributed by atoms with Crippen molar-refractivity contribution in [3.8, 4) is 0 Å². The van der Waals surface area contributed by atoms with Crippen LogP contribution in [-0.2, 0) is 14.4 Å². The molecule has 1 N–H and O–H groups in total. The molecular weight excluding hydrogens is 306 g/mol. The molecule has 0 aromatic heterocycles. The third-order valence-corrected chi connectivity index (χ3v) is 4.43. The van der Waals surface area contributed by atoms with Gasteiger partial charge in [-0.1, -0.05) is 12.1 Å². The van der Waals surface area contributed by atoms with Crippen LogP contribution in [0.4, 0.5) is 5.69 Å². The van der Waals surface area contributed by atoms with E-state index in [0.717, 1.165) is 29.7 Å². The zero-order valence-electron chi connectivity index (χ0n) is 14.6. The van der Waals surface area contributed by atoms with Crippen LogP contribution in [-0.4, -0.2) is 54.2 Å². The van der Waals surface area contributed by atoms with E-state index in [-0.39, 0.29) is 30.8 Å². The Balaban J connectivity index is 1.87. The molecule has 2 rings (SSSR count).